The summed E-state index contributed by atoms with van der Waals surface area (Å²) in [5.74, 6) is -1.90. The molecule has 1 aromatic carbocycles. The minimum Gasteiger partial charge on any atom is -0.481 e. The van der Waals surface area contributed by atoms with E-state index >= 15 is 0 Å². The van der Waals surface area contributed by atoms with Crippen LogP contribution in [0.5, 0.6) is 0 Å². The Labute approximate surface area is 197 Å². The summed E-state index contributed by atoms with van der Waals surface area (Å²) >= 11 is 1.59. The number of benzene rings is 1. The maximum Gasteiger partial charge on any atom is 0.307 e. The van der Waals surface area contributed by atoms with Gasteiger partial charge in [-0.1, -0.05) is 84.2 Å². The summed E-state index contributed by atoms with van der Waals surface area (Å²) in [4.78, 5) is 24.6. The number of carboxylic acids is 1. The van der Waals surface area contributed by atoms with Gasteiger partial charge in [0, 0.05) is 0 Å². The highest BCUT2D eigenvalue weighted by Gasteiger charge is 2.61. The molecule has 0 fully saturated rings. The van der Waals surface area contributed by atoms with Crippen molar-refractivity contribution >= 4 is 24.7 Å². The summed E-state index contributed by atoms with van der Waals surface area (Å²) in [5.41, 5.74) is 1.20. The van der Waals surface area contributed by atoms with Crippen LogP contribution in [0, 0.1) is 11.3 Å². The fraction of sp³-hybridized carbons (Fsp3) is 0.577. The first-order valence-corrected chi connectivity index (χ1v) is 14.4. The number of hydrogen-bond acceptors (Lipinski definition) is 3. The van der Waals surface area contributed by atoms with Crippen molar-refractivity contribution in [3.05, 3.63) is 58.3 Å². The lowest BCUT2D eigenvalue weighted by Crippen LogP contribution is -2.52. The molecule has 0 bridgehead atoms. The van der Waals surface area contributed by atoms with E-state index in [-0.39, 0.29) is 12.1 Å². The lowest BCUT2D eigenvalue weighted by molar-refractivity contribution is -0.145. The van der Waals surface area contributed by atoms with E-state index in [2.05, 4.69) is 6.92 Å². The second-order valence-electron chi connectivity index (χ2n) is 10.1. The molecule has 0 aliphatic carbocycles. The molecule has 0 saturated heterocycles. The van der Waals surface area contributed by atoms with Crippen molar-refractivity contribution in [3.63, 3.8) is 0 Å². The van der Waals surface area contributed by atoms with Gasteiger partial charge >= 0.3 is 5.97 Å². The van der Waals surface area contributed by atoms with Crippen LogP contribution in [0.2, 0.25) is 0 Å². The van der Waals surface area contributed by atoms with E-state index in [1.165, 1.54) is 0 Å². The fourth-order valence-electron chi connectivity index (χ4n) is 5.18. The first-order valence-electron chi connectivity index (χ1n) is 11.6. The zero-order valence-electron chi connectivity index (χ0n) is 20.1. The molecule has 0 aliphatic heterocycles. The Morgan fingerprint density at radius 3 is 2.28 bits per heavy atom. The van der Waals surface area contributed by atoms with Crippen LogP contribution in [-0.2, 0) is 15.5 Å². The number of aliphatic carboxylic acids is 1. The molecule has 1 heterocycles. The normalized spacial score (nSPS) is 17.8. The molecule has 0 amide bonds. The largest absolute Gasteiger partial charge is 0.481 e. The van der Waals surface area contributed by atoms with E-state index in [9.17, 15) is 19.4 Å². The molecule has 2 N–H and O–H groups in total. The van der Waals surface area contributed by atoms with E-state index in [0.717, 1.165) is 30.4 Å². The molecule has 0 aliphatic rings. The van der Waals surface area contributed by atoms with Gasteiger partial charge in [-0.2, -0.15) is 11.3 Å². The van der Waals surface area contributed by atoms with Crippen LogP contribution in [0.15, 0.2) is 47.2 Å². The average molecular weight is 479 g/mol. The summed E-state index contributed by atoms with van der Waals surface area (Å²) in [6, 6.07) is 11.3. The van der Waals surface area contributed by atoms with Crippen molar-refractivity contribution in [1.82, 2.24) is 0 Å². The lowest BCUT2D eigenvalue weighted by atomic mass is 9.67. The molecule has 0 radical (unpaired) electrons. The number of unbranched alkanes of at least 4 members (excludes halogenated alkanes) is 2. The highest BCUT2D eigenvalue weighted by atomic mass is 32.1. The third-order valence-electron chi connectivity index (χ3n) is 6.90. The number of hydrogen-bond donors (Lipinski definition) is 2. The van der Waals surface area contributed by atoms with E-state index in [4.69, 9.17) is 0 Å². The van der Waals surface area contributed by atoms with Gasteiger partial charge in [-0.25, -0.2) is 0 Å². The Morgan fingerprint density at radius 1 is 1.12 bits per heavy atom. The highest BCUT2D eigenvalue weighted by molar-refractivity contribution is 7.59. The summed E-state index contributed by atoms with van der Waals surface area (Å²) in [5, 5.41) is 13.3. The topological polar surface area (TPSA) is 74.6 Å². The van der Waals surface area contributed by atoms with Crippen LogP contribution in [0.3, 0.4) is 0 Å². The SMILES string of the molecule is CCCCCC(C(CC(C)c1ccsc1)C(=O)O)(C(C)(C)C)P(=O)(O)Cc1ccccc1. The molecule has 0 spiro atoms. The molecular formula is C26H39O4PS. The van der Waals surface area contributed by atoms with Crippen LogP contribution >= 0.6 is 18.7 Å². The molecule has 4 nitrogen and oxygen atoms in total. The molecule has 178 valence electrons. The monoisotopic (exact) mass is 478 g/mol. The van der Waals surface area contributed by atoms with Gasteiger partial charge in [-0.15, -0.1) is 0 Å². The Morgan fingerprint density at radius 2 is 1.78 bits per heavy atom. The van der Waals surface area contributed by atoms with Gasteiger partial charge in [-0.3, -0.25) is 9.36 Å². The second-order valence-corrected chi connectivity index (χ2v) is 13.4. The Kier molecular flexibility index (Phi) is 9.34. The van der Waals surface area contributed by atoms with Crippen molar-refractivity contribution in [3.8, 4) is 0 Å². The standard InChI is InChI=1S/C26H39O4PS/c1-6-7-11-15-26(25(3,4)5,31(29,30)18-21-12-9-8-10-13-21)23(24(27)28)17-20(2)22-14-16-32-19-22/h8-10,12-14,16,19-20,23H,6-7,11,15,17-18H2,1-5H3,(H,27,28)(H,29,30). The maximum atomic E-state index is 14.4. The molecule has 1 aromatic heterocycles. The molecule has 6 heteroatoms. The Hall–Kier alpha value is -1.42. The third kappa shape index (κ3) is 5.92. The van der Waals surface area contributed by atoms with Crippen molar-refractivity contribution in [1.29, 1.82) is 0 Å². The first kappa shape index (κ1) is 26.8. The van der Waals surface area contributed by atoms with E-state index < -0.39 is 29.8 Å². The van der Waals surface area contributed by atoms with Crippen molar-refractivity contribution in [2.24, 2.45) is 11.3 Å². The van der Waals surface area contributed by atoms with Gasteiger partial charge in [0.25, 0.3) is 0 Å². The molecule has 2 rings (SSSR count). The number of rotatable bonds is 12. The van der Waals surface area contributed by atoms with Crippen LogP contribution < -0.4 is 0 Å². The average Bonchev–Trinajstić information content (AvgIpc) is 3.24. The van der Waals surface area contributed by atoms with Crippen molar-refractivity contribution < 1.29 is 19.4 Å². The summed E-state index contributed by atoms with van der Waals surface area (Å²) < 4.78 is 14.4. The van der Waals surface area contributed by atoms with Crippen molar-refractivity contribution in [2.45, 2.75) is 84.0 Å². The summed E-state index contributed by atoms with van der Waals surface area (Å²) in [6.45, 7) is 9.94. The number of carbonyl (C=O) groups is 1. The minimum atomic E-state index is -3.94. The minimum absolute atomic E-state index is 0.00610. The molecular weight excluding hydrogens is 439 g/mol. The van der Waals surface area contributed by atoms with E-state index in [1.54, 1.807) is 11.3 Å². The summed E-state index contributed by atoms with van der Waals surface area (Å²) in [7, 11) is -3.94. The molecule has 0 saturated carbocycles. The van der Waals surface area contributed by atoms with Gasteiger partial charge in [0.15, 0.2) is 0 Å². The fourth-order valence-corrected chi connectivity index (χ4v) is 9.20. The predicted molar refractivity (Wildman–Crippen MR) is 135 cm³/mol. The molecule has 4 atom stereocenters. The zero-order valence-corrected chi connectivity index (χ0v) is 21.8. The van der Waals surface area contributed by atoms with Gasteiger partial charge in [0.05, 0.1) is 17.2 Å². The first-order chi connectivity index (χ1) is 15.0. The third-order valence-corrected chi connectivity index (χ3v) is 10.8. The van der Waals surface area contributed by atoms with Gasteiger partial charge in [-0.05, 0) is 52.1 Å². The lowest BCUT2D eigenvalue weighted by Gasteiger charge is -2.51. The Balaban J connectivity index is 2.61. The van der Waals surface area contributed by atoms with Gasteiger partial charge in [0.1, 0.15) is 0 Å². The molecule has 2 aromatic rings. The van der Waals surface area contributed by atoms with Crippen molar-refractivity contribution in [2.75, 3.05) is 0 Å². The van der Waals surface area contributed by atoms with Gasteiger partial charge < -0.3 is 10.00 Å². The zero-order chi connectivity index (χ0) is 24.0. The number of thiophene rings is 1. The smallest absolute Gasteiger partial charge is 0.307 e. The molecule has 32 heavy (non-hydrogen) atoms. The van der Waals surface area contributed by atoms with Gasteiger partial charge in [0.2, 0.25) is 7.37 Å². The van der Waals surface area contributed by atoms with Crippen LogP contribution in [-0.4, -0.2) is 21.1 Å². The van der Waals surface area contributed by atoms with E-state index in [1.807, 2.05) is 74.9 Å². The van der Waals surface area contributed by atoms with E-state index in [0.29, 0.717) is 12.8 Å². The summed E-state index contributed by atoms with van der Waals surface area (Å²) in [6.07, 6.45) is 3.39. The van der Waals surface area contributed by atoms with Crippen LogP contribution in [0.1, 0.15) is 83.8 Å². The predicted octanol–water partition coefficient (Wildman–Crippen LogP) is 7.78. The highest BCUT2D eigenvalue weighted by Crippen LogP contribution is 2.69. The van der Waals surface area contributed by atoms with Crippen LogP contribution in [0.25, 0.3) is 0 Å². The molecule has 4 unspecified atom stereocenters. The number of carboxylic acid groups (broad SMARTS) is 1. The Bertz CT molecular complexity index is 888. The second kappa shape index (κ2) is 11.1. The maximum absolute atomic E-state index is 14.4. The van der Waals surface area contributed by atoms with Crippen LogP contribution in [0.4, 0.5) is 0 Å². The quantitative estimate of drug-likeness (QED) is 0.241.